The summed E-state index contributed by atoms with van der Waals surface area (Å²) in [7, 11) is -3.17. The standard InChI is InChI=1S/C19H27NO3S/c21-19(16-8-1-2-9-16)20-13-6-14-24(22,23)18-12-5-10-15-7-3-4-11-17(15)18/h3-4,7,11,16,18H,1-2,5-6,8-10,12-14H2,(H,20,21). The van der Waals surface area contributed by atoms with Crippen LogP contribution in [0.3, 0.4) is 0 Å². The molecule has 0 bridgehead atoms. The summed E-state index contributed by atoms with van der Waals surface area (Å²) >= 11 is 0. The summed E-state index contributed by atoms with van der Waals surface area (Å²) in [6.45, 7) is 0.461. The zero-order valence-corrected chi connectivity index (χ0v) is 15.0. The number of carbonyl (C=O) groups is 1. The maximum atomic E-state index is 12.7. The molecule has 1 N–H and O–H groups in total. The molecule has 2 aliphatic rings. The van der Waals surface area contributed by atoms with Gasteiger partial charge in [0.2, 0.25) is 5.91 Å². The zero-order valence-electron chi connectivity index (χ0n) is 14.2. The Hall–Kier alpha value is -1.36. The van der Waals surface area contributed by atoms with Gasteiger partial charge in [-0.1, -0.05) is 37.1 Å². The number of hydrogen-bond acceptors (Lipinski definition) is 3. The van der Waals surface area contributed by atoms with Crippen molar-refractivity contribution in [2.24, 2.45) is 5.92 Å². The van der Waals surface area contributed by atoms with Crippen molar-refractivity contribution < 1.29 is 13.2 Å². The highest BCUT2D eigenvalue weighted by atomic mass is 32.2. The van der Waals surface area contributed by atoms with Gasteiger partial charge >= 0.3 is 0 Å². The summed E-state index contributed by atoms with van der Waals surface area (Å²) in [5, 5.41) is 2.55. The average molecular weight is 349 g/mol. The van der Waals surface area contributed by atoms with Crippen LogP contribution < -0.4 is 5.32 Å². The average Bonchev–Trinajstić information content (AvgIpc) is 3.13. The van der Waals surface area contributed by atoms with E-state index in [4.69, 9.17) is 0 Å². The Morgan fingerprint density at radius 2 is 1.83 bits per heavy atom. The third-order valence-corrected chi connectivity index (χ3v) is 7.59. The molecule has 1 unspecified atom stereocenters. The van der Waals surface area contributed by atoms with Crippen molar-refractivity contribution in [1.29, 1.82) is 0 Å². The number of nitrogens with one attached hydrogen (secondary N) is 1. The van der Waals surface area contributed by atoms with Gasteiger partial charge in [-0.05, 0) is 49.7 Å². The van der Waals surface area contributed by atoms with E-state index in [1.165, 1.54) is 5.56 Å². The molecule has 24 heavy (non-hydrogen) atoms. The first-order chi connectivity index (χ1) is 11.6. The molecule has 3 rings (SSSR count). The van der Waals surface area contributed by atoms with Gasteiger partial charge in [-0.2, -0.15) is 0 Å². The van der Waals surface area contributed by atoms with Gasteiger partial charge in [-0.25, -0.2) is 8.42 Å². The highest BCUT2D eigenvalue weighted by molar-refractivity contribution is 7.91. The normalized spacial score (nSPS) is 21.4. The van der Waals surface area contributed by atoms with Crippen molar-refractivity contribution in [3.05, 3.63) is 35.4 Å². The molecule has 5 heteroatoms. The van der Waals surface area contributed by atoms with Crippen LogP contribution in [0.15, 0.2) is 24.3 Å². The number of fused-ring (bicyclic) bond motifs is 1. The molecular weight excluding hydrogens is 322 g/mol. The van der Waals surface area contributed by atoms with Gasteiger partial charge in [-0.3, -0.25) is 4.79 Å². The monoisotopic (exact) mass is 349 g/mol. The molecule has 1 aromatic rings. The molecule has 0 aromatic heterocycles. The predicted octanol–water partition coefficient (Wildman–Crippen LogP) is 3.18. The molecule has 1 amide bonds. The quantitative estimate of drug-likeness (QED) is 0.802. The fraction of sp³-hybridized carbons (Fsp3) is 0.632. The maximum Gasteiger partial charge on any atom is 0.223 e. The fourth-order valence-electron chi connectivity index (χ4n) is 4.04. The van der Waals surface area contributed by atoms with Crippen molar-refractivity contribution in [3.8, 4) is 0 Å². The van der Waals surface area contributed by atoms with E-state index in [0.717, 1.165) is 44.1 Å². The molecule has 0 radical (unpaired) electrons. The number of benzene rings is 1. The first kappa shape index (κ1) is 17.5. The van der Waals surface area contributed by atoms with Gasteiger partial charge in [0.25, 0.3) is 0 Å². The van der Waals surface area contributed by atoms with Crippen molar-refractivity contribution in [2.45, 2.75) is 56.6 Å². The molecule has 1 aromatic carbocycles. The number of aryl methyl sites for hydroxylation is 1. The van der Waals surface area contributed by atoms with E-state index in [2.05, 4.69) is 5.32 Å². The maximum absolute atomic E-state index is 12.7. The van der Waals surface area contributed by atoms with Crippen molar-refractivity contribution >= 4 is 15.7 Å². The summed E-state index contributed by atoms with van der Waals surface area (Å²) < 4.78 is 25.5. The molecule has 0 saturated heterocycles. The van der Waals surface area contributed by atoms with E-state index in [1.807, 2.05) is 24.3 Å². The van der Waals surface area contributed by atoms with Gasteiger partial charge < -0.3 is 5.32 Å². The Morgan fingerprint density at radius 1 is 1.08 bits per heavy atom. The minimum absolute atomic E-state index is 0.105. The second kappa shape index (κ2) is 7.68. The lowest BCUT2D eigenvalue weighted by Crippen LogP contribution is -2.31. The minimum atomic E-state index is -3.17. The highest BCUT2D eigenvalue weighted by Gasteiger charge is 2.31. The second-order valence-corrected chi connectivity index (χ2v) is 9.38. The lowest BCUT2D eigenvalue weighted by atomic mass is 9.91. The van der Waals surface area contributed by atoms with Gasteiger partial charge in [0.15, 0.2) is 9.84 Å². The largest absolute Gasteiger partial charge is 0.356 e. The molecule has 0 heterocycles. The first-order valence-corrected chi connectivity index (χ1v) is 10.9. The van der Waals surface area contributed by atoms with Crippen LogP contribution in [0.25, 0.3) is 0 Å². The predicted molar refractivity (Wildman–Crippen MR) is 95.5 cm³/mol. The van der Waals surface area contributed by atoms with Gasteiger partial charge in [0.05, 0.1) is 11.0 Å². The van der Waals surface area contributed by atoms with Crippen LogP contribution in [0.2, 0.25) is 0 Å². The molecule has 0 aliphatic heterocycles. The van der Waals surface area contributed by atoms with Crippen LogP contribution in [-0.4, -0.2) is 26.6 Å². The van der Waals surface area contributed by atoms with Crippen LogP contribution in [0.4, 0.5) is 0 Å². The third kappa shape index (κ3) is 4.00. The van der Waals surface area contributed by atoms with Gasteiger partial charge in [0.1, 0.15) is 0 Å². The third-order valence-electron chi connectivity index (χ3n) is 5.38. The topological polar surface area (TPSA) is 63.2 Å². The van der Waals surface area contributed by atoms with E-state index in [-0.39, 0.29) is 22.8 Å². The summed E-state index contributed by atoms with van der Waals surface area (Å²) in [5.41, 5.74) is 2.16. The number of sulfone groups is 1. The van der Waals surface area contributed by atoms with Crippen molar-refractivity contribution in [2.75, 3.05) is 12.3 Å². The molecule has 1 fully saturated rings. The van der Waals surface area contributed by atoms with Gasteiger partial charge in [-0.15, -0.1) is 0 Å². The molecule has 2 aliphatic carbocycles. The van der Waals surface area contributed by atoms with Crippen LogP contribution in [0, 0.1) is 5.92 Å². The second-order valence-electron chi connectivity index (χ2n) is 7.07. The lowest BCUT2D eigenvalue weighted by molar-refractivity contribution is -0.124. The van der Waals surface area contributed by atoms with Crippen molar-refractivity contribution in [3.63, 3.8) is 0 Å². The molecular formula is C19H27NO3S. The Labute approximate surface area is 145 Å². The van der Waals surface area contributed by atoms with Crippen LogP contribution in [0.1, 0.15) is 61.3 Å². The van der Waals surface area contributed by atoms with Crippen molar-refractivity contribution in [1.82, 2.24) is 5.32 Å². The van der Waals surface area contributed by atoms with E-state index < -0.39 is 9.84 Å². The Kier molecular flexibility index (Phi) is 5.59. The molecule has 0 spiro atoms. The molecule has 132 valence electrons. The van der Waals surface area contributed by atoms with E-state index in [1.54, 1.807) is 0 Å². The van der Waals surface area contributed by atoms with E-state index in [9.17, 15) is 13.2 Å². The SMILES string of the molecule is O=C(NCCCS(=O)(=O)C1CCCc2ccccc21)C1CCCC1. The first-order valence-electron chi connectivity index (χ1n) is 9.15. The zero-order chi connectivity index (χ0) is 17.0. The Bertz CT molecular complexity index is 678. The number of hydrogen-bond donors (Lipinski definition) is 1. The van der Waals surface area contributed by atoms with E-state index in [0.29, 0.717) is 19.4 Å². The molecule has 4 nitrogen and oxygen atoms in total. The van der Waals surface area contributed by atoms with Crippen LogP contribution in [0.5, 0.6) is 0 Å². The molecule has 1 saturated carbocycles. The highest BCUT2D eigenvalue weighted by Crippen LogP contribution is 2.36. The smallest absolute Gasteiger partial charge is 0.223 e. The summed E-state index contributed by atoms with van der Waals surface area (Å²) in [4.78, 5) is 12.0. The Balaban J connectivity index is 1.52. The summed E-state index contributed by atoms with van der Waals surface area (Å²) in [6.07, 6.45) is 7.33. The lowest BCUT2D eigenvalue weighted by Gasteiger charge is -2.25. The van der Waals surface area contributed by atoms with E-state index >= 15 is 0 Å². The summed E-state index contributed by atoms with van der Waals surface area (Å²) in [5.74, 6) is 0.400. The minimum Gasteiger partial charge on any atom is -0.356 e. The number of rotatable bonds is 6. The Morgan fingerprint density at radius 3 is 2.62 bits per heavy atom. The van der Waals surface area contributed by atoms with Gasteiger partial charge in [0, 0.05) is 12.5 Å². The van der Waals surface area contributed by atoms with Crippen LogP contribution in [-0.2, 0) is 21.1 Å². The fourth-order valence-corrected chi connectivity index (χ4v) is 6.02. The number of amides is 1. The number of carbonyl (C=O) groups excluding carboxylic acids is 1. The summed E-state index contributed by atoms with van der Waals surface area (Å²) in [6, 6.07) is 7.90. The molecule has 1 atom stereocenters. The van der Waals surface area contributed by atoms with Crippen LogP contribution >= 0.6 is 0 Å².